The molecule has 4 N–H and O–H groups in total. The molecule has 16 heavy (non-hydrogen) atoms. The van der Waals surface area contributed by atoms with Crippen molar-refractivity contribution in [1.29, 1.82) is 0 Å². The second kappa shape index (κ2) is 2.82. The minimum Gasteiger partial charge on any atom is -0.504 e. The standard InChI is InChI=1S/C12H9NO3/c14-9-5-7-6-3-1-2-4-8(6)13-10(7)12(16)11(9)15/h1-5,13-16H. The van der Waals surface area contributed by atoms with E-state index in [4.69, 9.17) is 0 Å². The van der Waals surface area contributed by atoms with Crippen LogP contribution in [0.2, 0.25) is 0 Å². The molecule has 0 bridgehead atoms. The first-order chi connectivity index (χ1) is 7.68. The van der Waals surface area contributed by atoms with Gasteiger partial charge in [0.2, 0.25) is 5.75 Å². The molecule has 0 unspecified atom stereocenters. The third-order valence-electron chi connectivity index (χ3n) is 2.73. The van der Waals surface area contributed by atoms with Crippen LogP contribution in [0.25, 0.3) is 21.8 Å². The van der Waals surface area contributed by atoms with Gasteiger partial charge in [0.05, 0.1) is 5.52 Å². The summed E-state index contributed by atoms with van der Waals surface area (Å²) in [7, 11) is 0. The van der Waals surface area contributed by atoms with E-state index in [0.29, 0.717) is 10.9 Å². The highest BCUT2D eigenvalue weighted by Gasteiger charge is 2.14. The van der Waals surface area contributed by atoms with Crippen molar-refractivity contribution in [2.24, 2.45) is 0 Å². The van der Waals surface area contributed by atoms with Crippen LogP contribution in [0.5, 0.6) is 17.2 Å². The number of fused-ring (bicyclic) bond motifs is 3. The summed E-state index contributed by atoms with van der Waals surface area (Å²) in [6.07, 6.45) is 0. The van der Waals surface area contributed by atoms with Crippen LogP contribution >= 0.6 is 0 Å². The minimum absolute atomic E-state index is 0.324. The van der Waals surface area contributed by atoms with Crippen LogP contribution in [0.4, 0.5) is 0 Å². The smallest absolute Gasteiger partial charge is 0.202 e. The number of phenolic OH excluding ortho intramolecular Hbond substituents is 3. The maximum Gasteiger partial charge on any atom is 0.202 e. The second-order valence-corrected chi connectivity index (χ2v) is 3.69. The van der Waals surface area contributed by atoms with Crippen LogP contribution in [0.15, 0.2) is 30.3 Å². The van der Waals surface area contributed by atoms with E-state index >= 15 is 0 Å². The predicted octanol–water partition coefficient (Wildman–Crippen LogP) is 2.44. The number of benzene rings is 2. The molecule has 0 aliphatic rings. The summed E-state index contributed by atoms with van der Waals surface area (Å²) in [4.78, 5) is 2.99. The fraction of sp³-hybridized carbons (Fsp3) is 0. The third kappa shape index (κ3) is 0.982. The summed E-state index contributed by atoms with van der Waals surface area (Å²) in [5.41, 5.74) is 1.27. The number of aromatic hydroxyl groups is 3. The highest BCUT2D eigenvalue weighted by Crippen LogP contribution is 2.42. The quantitative estimate of drug-likeness (QED) is 0.435. The first-order valence-corrected chi connectivity index (χ1v) is 4.83. The summed E-state index contributed by atoms with van der Waals surface area (Å²) in [5, 5.41) is 30.1. The van der Waals surface area contributed by atoms with Crippen LogP contribution in [0, 0.1) is 0 Å². The summed E-state index contributed by atoms with van der Waals surface area (Å²) in [6.45, 7) is 0. The van der Waals surface area contributed by atoms with E-state index in [1.54, 1.807) is 0 Å². The topological polar surface area (TPSA) is 76.5 Å². The van der Waals surface area contributed by atoms with E-state index in [1.165, 1.54) is 6.07 Å². The Bertz CT molecular complexity index is 700. The van der Waals surface area contributed by atoms with E-state index in [9.17, 15) is 15.3 Å². The number of hydrogen-bond donors (Lipinski definition) is 4. The highest BCUT2D eigenvalue weighted by atomic mass is 16.3. The third-order valence-corrected chi connectivity index (χ3v) is 2.73. The largest absolute Gasteiger partial charge is 0.504 e. The molecule has 1 aromatic heterocycles. The highest BCUT2D eigenvalue weighted by molar-refractivity contribution is 6.10. The Balaban J connectivity index is 2.60. The Morgan fingerprint density at radius 2 is 1.62 bits per heavy atom. The molecule has 1 heterocycles. The Morgan fingerprint density at radius 3 is 2.44 bits per heavy atom. The van der Waals surface area contributed by atoms with Gasteiger partial charge in [0.1, 0.15) is 0 Å². The van der Waals surface area contributed by atoms with Gasteiger partial charge in [-0.15, -0.1) is 0 Å². The first kappa shape index (κ1) is 8.91. The lowest BCUT2D eigenvalue weighted by Gasteiger charge is -2.01. The van der Waals surface area contributed by atoms with Crippen molar-refractivity contribution in [2.45, 2.75) is 0 Å². The van der Waals surface area contributed by atoms with Gasteiger partial charge in [-0.25, -0.2) is 0 Å². The molecule has 0 saturated heterocycles. The fourth-order valence-electron chi connectivity index (χ4n) is 1.95. The van der Waals surface area contributed by atoms with Gasteiger partial charge in [-0.05, 0) is 12.1 Å². The molecule has 0 spiro atoms. The molecule has 3 rings (SSSR count). The predicted molar refractivity (Wildman–Crippen MR) is 60.8 cm³/mol. The van der Waals surface area contributed by atoms with Gasteiger partial charge in [-0.3, -0.25) is 0 Å². The monoisotopic (exact) mass is 215 g/mol. The van der Waals surface area contributed by atoms with Crippen LogP contribution in [-0.4, -0.2) is 20.3 Å². The molecular formula is C12H9NO3. The number of phenols is 3. The van der Waals surface area contributed by atoms with Gasteiger partial charge in [0.25, 0.3) is 0 Å². The number of aromatic amines is 1. The van der Waals surface area contributed by atoms with E-state index < -0.39 is 5.75 Å². The number of para-hydroxylation sites is 1. The summed E-state index contributed by atoms with van der Waals surface area (Å²) in [6, 6.07) is 8.92. The zero-order chi connectivity index (χ0) is 11.3. The average Bonchev–Trinajstić information content (AvgIpc) is 2.65. The Hall–Kier alpha value is -2.36. The van der Waals surface area contributed by atoms with Crippen molar-refractivity contribution in [1.82, 2.24) is 4.98 Å². The molecule has 0 aliphatic heterocycles. The number of hydrogen-bond acceptors (Lipinski definition) is 3. The van der Waals surface area contributed by atoms with Gasteiger partial charge < -0.3 is 20.3 Å². The van der Waals surface area contributed by atoms with Crippen molar-refractivity contribution in [3.05, 3.63) is 30.3 Å². The van der Waals surface area contributed by atoms with Gasteiger partial charge in [0.15, 0.2) is 11.5 Å². The SMILES string of the molecule is Oc1cc2c([nH]c3ccccc32)c(O)c1O. The fourth-order valence-corrected chi connectivity index (χ4v) is 1.95. The maximum atomic E-state index is 9.70. The molecule has 0 atom stereocenters. The molecule has 0 amide bonds. The second-order valence-electron chi connectivity index (χ2n) is 3.69. The van der Waals surface area contributed by atoms with Crippen molar-refractivity contribution in [3.63, 3.8) is 0 Å². The van der Waals surface area contributed by atoms with E-state index in [0.717, 1.165) is 10.9 Å². The molecule has 0 aliphatic carbocycles. The van der Waals surface area contributed by atoms with Crippen LogP contribution in [0.1, 0.15) is 0 Å². The van der Waals surface area contributed by atoms with Crippen LogP contribution in [-0.2, 0) is 0 Å². The molecule has 0 radical (unpaired) electrons. The lowest BCUT2D eigenvalue weighted by Crippen LogP contribution is -1.74. The van der Waals surface area contributed by atoms with Crippen LogP contribution < -0.4 is 0 Å². The van der Waals surface area contributed by atoms with Crippen molar-refractivity contribution in [2.75, 3.05) is 0 Å². The Kier molecular flexibility index (Phi) is 1.57. The molecule has 0 fully saturated rings. The molecule has 2 aromatic carbocycles. The van der Waals surface area contributed by atoms with Gasteiger partial charge >= 0.3 is 0 Å². The van der Waals surface area contributed by atoms with E-state index in [-0.39, 0.29) is 11.5 Å². The molecule has 80 valence electrons. The van der Waals surface area contributed by atoms with Crippen molar-refractivity contribution >= 4 is 21.8 Å². The Labute approximate surface area is 90.4 Å². The average molecular weight is 215 g/mol. The Morgan fingerprint density at radius 1 is 0.875 bits per heavy atom. The number of nitrogens with one attached hydrogen (secondary N) is 1. The number of rotatable bonds is 0. The molecule has 3 aromatic rings. The van der Waals surface area contributed by atoms with Crippen molar-refractivity contribution in [3.8, 4) is 17.2 Å². The number of H-pyrrole nitrogens is 1. The van der Waals surface area contributed by atoms with E-state index in [2.05, 4.69) is 4.98 Å². The summed E-state index contributed by atoms with van der Waals surface area (Å²) in [5.74, 6) is -1.15. The summed E-state index contributed by atoms with van der Waals surface area (Å²) < 4.78 is 0. The summed E-state index contributed by atoms with van der Waals surface area (Å²) >= 11 is 0. The molecular weight excluding hydrogens is 206 g/mol. The van der Waals surface area contributed by atoms with Crippen LogP contribution in [0.3, 0.4) is 0 Å². The normalized spacial score (nSPS) is 11.2. The molecule has 0 saturated carbocycles. The minimum atomic E-state index is -0.501. The molecule has 4 heteroatoms. The number of aromatic nitrogens is 1. The van der Waals surface area contributed by atoms with E-state index in [1.807, 2.05) is 24.3 Å². The molecule has 4 nitrogen and oxygen atoms in total. The first-order valence-electron chi connectivity index (χ1n) is 4.83. The van der Waals surface area contributed by atoms with Gasteiger partial charge in [-0.1, -0.05) is 18.2 Å². The lowest BCUT2D eigenvalue weighted by molar-refractivity contribution is 0.371. The zero-order valence-electron chi connectivity index (χ0n) is 8.23. The maximum absolute atomic E-state index is 9.70. The van der Waals surface area contributed by atoms with Crippen molar-refractivity contribution < 1.29 is 15.3 Å². The van der Waals surface area contributed by atoms with Gasteiger partial charge in [0, 0.05) is 16.3 Å². The lowest BCUT2D eigenvalue weighted by atomic mass is 10.1. The zero-order valence-corrected chi connectivity index (χ0v) is 8.23. The van der Waals surface area contributed by atoms with Gasteiger partial charge in [-0.2, -0.15) is 0 Å².